The predicted molar refractivity (Wildman–Crippen MR) is 76.5 cm³/mol. The largest absolute Gasteiger partial charge is 0.493 e. The van der Waals surface area contributed by atoms with Crippen LogP contribution in [0.5, 0.6) is 5.75 Å². The Balaban J connectivity index is 1.74. The van der Waals surface area contributed by atoms with Crippen LogP contribution in [-0.2, 0) is 0 Å². The van der Waals surface area contributed by atoms with E-state index in [-0.39, 0.29) is 17.0 Å². The second-order valence-corrected chi connectivity index (χ2v) is 5.66. The summed E-state index contributed by atoms with van der Waals surface area (Å²) in [6.07, 6.45) is 1.28. The maximum atomic E-state index is 10.6. The van der Waals surface area contributed by atoms with Crippen molar-refractivity contribution in [2.45, 2.75) is 18.9 Å². The summed E-state index contributed by atoms with van der Waals surface area (Å²) in [4.78, 5) is 14.2. The van der Waals surface area contributed by atoms with Gasteiger partial charge >= 0.3 is 5.00 Å². The molecule has 104 valence electrons. The van der Waals surface area contributed by atoms with Crippen molar-refractivity contribution in [1.82, 2.24) is 4.98 Å². The maximum Gasteiger partial charge on any atom is 0.345 e. The smallest absolute Gasteiger partial charge is 0.345 e. The number of fused-ring (bicyclic) bond motifs is 1. The third-order valence-corrected chi connectivity index (χ3v) is 4.25. The zero-order chi connectivity index (χ0) is 14.1. The number of para-hydroxylation sites is 1. The van der Waals surface area contributed by atoms with E-state index in [1.165, 1.54) is 11.8 Å². The van der Waals surface area contributed by atoms with Gasteiger partial charge in [-0.3, -0.25) is 10.1 Å². The van der Waals surface area contributed by atoms with Gasteiger partial charge in [-0.05, 0) is 24.3 Å². The highest BCUT2D eigenvalue weighted by Crippen LogP contribution is 2.37. The van der Waals surface area contributed by atoms with Gasteiger partial charge < -0.3 is 10.1 Å². The van der Waals surface area contributed by atoms with Crippen LogP contribution in [0.1, 0.15) is 18.4 Å². The Morgan fingerprint density at radius 2 is 2.35 bits per heavy atom. The molecule has 0 amide bonds. The normalized spacial score (nSPS) is 18.1. The molecule has 2 atom stereocenters. The average Bonchev–Trinajstić information content (AvgIpc) is 3.04. The summed E-state index contributed by atoms with van der Waals surface area (Å²) in [5.41, 5.74) is 1.17. The molecule has 1 aromatic heterocycles. The van der Waals surface area contributed by atoms with Crippen molar-refractivity contribution >= 4 is 21.5 Å². The molecule has 20 heavy (non-hydrogen) atoms. The number of anilines is 1. The quantitative estimate of drug-likeness (QED) is 0.692. The molecule has 2 aromatic rings. The molecular formula is C13H13N3O3S. The molecule has 0 fully saturated rings. The van der Waals surface area contributed by atoms with E-state index >= 15 is 0 Å². The van der Waals surface area contributed by atoms with Crippen LogP contribution in [0.2, 0.25) is 0 Å². The topological polar surface area (TPSA) is 77.3 Å². The van der Waals surface area contributed by atoms with Gasteiger partial charge in [0.05, 0.1) is 11.5 Å². The van der Waals surface area contributed by atoms with E-state index in [4.69, 9.17) is 4.74 Å². The van der Waals surface area contributed by atoms with E-state index < -0.39 is 4.92 Å². The van der Waals surface area contributed by atoms with Crippen molar-refractivity contribution in [2.75, 3.05) is 11.9 Å². The highest BCUT2D eigenvalue weighted by Gasteiger charge is 2.29. The number of hydrogen-bond acceptors (Lipinski definition) is 6. The third-order valence-electron chi connectivity index (χ3n) is 3.37. The Morgan fingerprint density at radius 1 is 1.55 bits per heavy atom. The van der Waals surface area contributed by atoms with Gasteiger partial charge in [-0.2, -0.15) is 0 Å². The van der Waals surface area contributed by atoms with Gasteiger partial charge in [-0.1, -0.05) is 18.2 Å². The molecule has 1 aromatic carbocycles. The summed E-state index contributed by atoms with van der Waals surface area (Å²) in [7, 11) is 0. The fraction of sp³-hybridized carbons (Fsp3) is 0.308. The van der Waals surface area contributed by atoms with Gasteiger partial charge in [0.25, 0.3) is 0 Å². The Kier molecular flexibility index (Phi) is 3.27. The molecule has 1 aliphatic rings. The number of thiazole rings is 1. The lowest BCUT2D eigenvalue weighted by Crippen LogP contribution is -2.25. The molecule has 2 heterocycles. The lowest BCUT2D eigenvalue weighted by molar-refractivity contribution is -0.380. The molecule has 0 aliphatic carbocycles. The molecule has 1 aliphatic heterocycles. The predicted octanol–water partition coefficient (Wildman–Crippen LogP) is 3.03. The lowest BCUT2D eigenvalue weighted by atomic mass is 9.95. The number of nitro groups is 1. The molecular weight excluding hydrogens is 278 g/mol. The molecule has 1 N–H and O–H groups in total. The van der Waals surface area contributed by atoms with Crippen LogP contribution >= 0.6 is 11.3 Å². The van der Waals surface area contributed by atoms with Crippen molar-refractivity contribution in [2.24, 2.45) is 0 Å². The minimum atomic E-state index is -0.429. The molecule has 0 spiro atoms. The first-order chi connectivity index (χ1) is 9.65. The van der Waals surface area contributed by atoms with E-state index in [1.54, 1.807) is 0 Å². The molecule has 0 saturated carbocycles. The van der Waals surface area contributed by atoms with Crippen molar-refractivity contribution in [1.29, 1.82) is 0 Å². The Hall–Kier alpha value is -2.15. The first kappa shape index (κ1) is 12.9. The van der Waals surface area contributed by atoms with Crippen molar-refractivity contribution in [3.8, 4) is 5.75 Å². The van der Waals surface area contributed by atoms with Crippen LogP contribution < -0.4 is 10.1 Å². The van der Waals surface area contributed by atoms with Gasteiger partial charge in [0.2, 0.25) is 0 Å². The SMILES string of the molecule is C[C@@H](Nc1ncc([N+](=O)[O-])s1)[C@@H]1COc2ccccc21. The van der Waals surface area contributed by atoms with Gasteiger partial charge in [-0.15, -0.1) is 0 Å². The third kappa shape index (κ3) is 2.32. The lowest BCUT2D eigenvalue weighted by Gasteiger charge is -2.19. The molecule has 0 unspecified atom stereocenters. The summed E-state index contributed by atoms with van der Waals surface area (Å²) in [6, 6.07) is 8.03. The monoisotopic (exact) mass is 291 g/mol. The number of rotatable bonds is 4. The molecule has 0 saturated heterocycles. The fourth-order valence-electron chi connectivity index (χ4n) is 2.31. The Bertz CT molecular complexity index is 643. The summed E-state index contributed by atoms with van der Waals surface area (Å²) in [5, 5.41) is 14.5. The first-order valence-corrected chi connectivity index (χ1v) is 7.05. The van der Waals surface area contributed by atoms with Crippen LogP contribution in [0.4, 0.5) is 10.1 Å². The van der Waals surface area contributed by atoms with Gasteiger partial charge in [-0.25, -0.2) is 4.98 Å². The average molecular weight is 291 g/mol. The standard InChI is InChI=1S/C13H13N3O3S/c1-8(15-13-14-6-12(20-13)16(17)18)10-7-19-11-5-3-2-4-9(10)11/h2-6,8,10H,7H2,1H3,(H,14,15)/t8-,10+/m1/s1. The van der Waals surface area contributed by atoms with Crippen LogP contribution in [0.15, 0.2) is 30.5 Å². The van der Waals surface area contributed by atoms with Crippen molar-refractivity contribution < 1.29 is 9.66 Å². The summed E-state index contributed by atoms with van der Waals surface area (Å²) < 4.78 is 5.65. The summed E-state index contributed by atoms with van der Waals surface area (Å²) in [6.45, 7) is 2.64. The number of hydrogen-bond donors (Lipinski definition) is 1. The fourth-order valence-corrected chi connectivity index (χ4v) is 3.04. The second kappa shape index (κ2) is 5.09. The summed E-state index contributed by atoms with van der Waals surface area (Å²) >= 11 is 1.05. The molecule has 0 bridgehead atoms. The second-order valence-electron chi connectivity index (χ2n) is 4.65. The number of ether oxygens (including phenoxy) is 1. The number of benzene rings is 1. The zero-order valence-electron chi connectivity index (χ0n) is 10.8. The van der Waals surface area contributed by atoms with E-state index in [9.17, 15) is 10.1 Å². The highest BCUT2D eigenvalue weighted by atomic mass is 32.1. The van der Waals surface area contributed by atoms with Gasteiger partial charge in [0.15, 0.2) is 5.13 Å². The minimum Gasteiger partial charge on any atom is -0.493 e. The van der Waals surface area contributed by atoms with Gasteiger partial charge in [0, 0.05) is 17.5 Å². The maximum absolute atomic E-state index is 10.6. The van der Waals surface area contributed by atoms with Crippen LogP contribution in [-0.4, -0.2) is 22.6 Å². The van der Waals surface area contributed by atoms with E-state index in [1.807, 2.05) is 25.1 Å². The zero-order valence-corrected chi connectivity index (χ0v) is 11.6. The Morgan fingerprint density at radius 3 is 3.10 bits per heavy atom. The van der Waals surface area contributed by atoms with Crippen LogP contribution in [0.25, 0.3) is 0 Å². The Labute approximate surface area is 119 Å². The molecule has 6 nitrogen and oxygen atoms in total. The van der Waals surface area contributed by atoms with Crippen molar-refractivity contribution in [3.05, 3.63) is 46.1 Å². The minimum absolute atomic E-state index is 0.0442. The number of aromatic nitrogens is 1. The van der Waals surface area contributed by atoms with E-state index in [0.717, 1.165) is 17.1 Å². The van der Waals surface area contributed by atoms with E-state index in [0.29, 0.717) is 11.7 Å². The summed E-state index contributed by atoms with van der Waals surface area (Å²) in [5.74, 6) is 1.13. The number of nitrogens with zero attached hydrogens (tertiary/aromatic N) is 2. The molecule has 0 radical (unpaired) electrons. The first-order valence-electron chi connectivity index (χ1n) is 6.23. The van der Waals surface area contributed by atoms with E-state index in [2.05, 4.69) is 16.4 Å². The number of nitrogens with one attached hydrogen (secondary N) is 1. The van der Waals surface area contributed by atoms with Crippen LogP contribution in [0.3, 0.4) is 0 Å². The van der Waals surface area contributed by atoms with Crippen molar-refractivity contribution in [3.63, 3.8) is 0 Å². The van der Waals surface area contributed by atoms with Gasteiger partial charge in [0.1, 0.15) is 11.9 Å². The molecule has 3 rings (SSSR count). The molecule has 7 heteroatoms. The van der Waals surface area contributed by atoms with Crippen LogP contribution in [0, 0.1) is 10.1 Å². The highest BCUT2D eigenvalue weighted by molar-refractivity contribution is 7.18.